The largest absolute Gasteiger partial charge is 0.381 e. The Kier molecular flexibility index (Phi) is 45.9. The number of rotatable bonds is 0. The van der Waals surface area contributed by atoms with Gasteiger partial charge in [-0.1, -0.05) is 0 Å². The molecule has 1 aliphatic heterocycles. The molecular formula is C4H8Na4O. The van der Waals surface area contributed by atoms with Gasteiger partial charge in [-0.05, 0) is 12.8 Å². The predicted molar refractivity (Wildman–Crippen MR) is 43.1 cm³/mol. The van der Waals surface area contributed by atoms with Crippen LogP contribution in [0.3, 0.4) is 0 Å². The standard InChI is InChI=1S/C4H8O.4Na/c1-2-4-5-3-1;;;;/h1-4H2;;;;. The van der Waals surface area contributed by atoms with Gasteiger partial charge in [0.1, 0.15) is 0 Å². The Hall–Kier alpha value is 3.96. The fourth-order valence-corrected chi connectivity index (χ4v) is 0.510. The SMILES string of the molecule is C1CCOC1.[Na].[Na].[Na].[Na]. The first-order valence-electron chi connectivity index (χ1n) is 2.08. The first kappa shape index (κ1) is 23.1. The van der Waals surface area contributed by atoms with Crippen LogP contribution in [0.2, 0.25) is 0 Å². The Morgan fingerprint density at radius 3 is 1.11 bits per heavy atom. The number of ether oxygens (including phenoxy) is 1. The fraction of sp³-hybridized carbons (Fsp3) is 1.00. The van der Waals surface area contributed by atoms with Crippen molar-refractivity contribution in [3.8, 4) is 0 Å². The monoisotopic (exact) mass is 164 g/mol. The molecule has 1 aliphatic rings. The molecule has 9 heavy (non-hydrogen) atoms. The normalized spacial score (nSPS) is 13.3. The zero-order chi connectivity index (χ0) is 3.54. The van der Waals surface area contributed by atoms with Gasteiger partial charge in [0.05, 0.1) is 0 Å². The van der Waals surface area contributed by atoms with Crippen molar-refractivity contribution in [2.24, 2.45) is 0 Å². The second-order valence-electron chi connectivity index (χ2n) is 1.32. The molecule has 34 valence electrons. The van der Waals surface area contributed by atoms with Crippen LogP contribution in [0.15, 0.2) is 0 Å². The second kappa shape index (κ2) is 17.9. The van der Waals surface area contributed by atoms with E-state index in [-0.39, 0.29) is 118 Å². The van der Waals surface area contributed by atoms with Crippen molar-refractivity contribution >= 4 is 118 Å². The van der Waals surface area contributed by atoms with E-state index < -0.39 is 0 Å². The summed E-state index contributed by atoms with van der Waals surface area (Å²) in [6.45, 7) is 2.00. The first-order chi connectivity index (χ1) is 2.50. The smallest absolute Gasteiger partial charge is 0.0466 e. The van der Waals surface area contributed by atoms with Crippen LogP contribution in [0.1, 0.15) is 12.8 Å². The molecule has 0 aliphatic carbocycles. The quantitative estimate of drug-likeness (QED) is 0.429. The molecule has 0 aromatic heterocycles. The maximum Gasteiger partial charge on any atom is 0.0466 e. The van der Waals surface area contributed by atoms with E-state index in [9.17, 15) is 0 Å². The maximum absolute atomic E-state index is 4.94. The topological polar surface area (TPSA) is 9.23 Å². The summed E-state index contributed by atoms with van der Waals surface area (Å²) in [4.78, 5) is 0. The molecule has 0 saturated carbocycles. The van der Waals surface area contributed by atoms with Crippen molar-refractivity contribution < 1.29 is 4.74 Å². The van der Waals surface area contributed by atoms with Gasteiger partial charge in [0.2, 0.25) is 0 Å². The van der Waals surface area contributed by atoms with Crippen LogP contribution in [0.25, 0.3) is 0 Å². The van der Waals surface area contributed by atoms with E-state index in [2.05, 4.69) is 0 Å². The molecule has 0 aromatic carbocycles. The van der Waals surface area contributed by atoms with Crippen LogP contribution in [-0.4, -0.2) is 131 Å². The summed E-state index contributed by atoms with van der Waals surface area (Å²) in [6.07, 6.45) is 2.56. The van der Waals surface area contributed by atoms with Crippen LogP contribution in [-0.2, 0) is 4.74 Å². The van der Waals surface area contributed by atoms with Gasteiger partial charge in [-0.3, -0.25) is 0 Å². The molecular weight excluding hydrogens is 156 g/mol. The summed E-state index contributed by atoms with van der Waals surface area (Å²) in [5.74, 6) is 0. The first-order valence-corrected chi connectivity index (χ1v) is 2.08. The molecule has 0 bridgehead atoms. The molecule has 0 unspecified atom stereocenters. The molecule has 1 nitrogen and oxygen atoms in total. The fourth-order valence-electron chi connectivity index (χ4n) is 0.510. The summed E-state index contributed by atoms with van der Waals surface area (Å²) in [5, 5.41) is 0. The van der Waals surface area contributed by atoms with Gasteiger partial charge in [0.25, 0.3) is 0 Å². The molecule has 0 aromatic rings. The molecule has 0 amide bonds. The molecule has 4 radical (unpaired) electrons. The average Bonchev–Trinajstić information content (AvgIpc) is 1.76. The number of hydrogen-bond donors (Lipinski definition) is 0. The summed E-state index contributed by atoms with van der Waals surface area (Å²) < 4.78 is 4.94. The van der Waals surface area contributed by atoms with E-state index in [1.54, 1.807) is 0 Å². The minimum absolute atomic E-state index is 0. The molecule has 0 N–H and O–H groups in total. The van der Waals surface area contributed by atoms with Gasteiger partial charge in [-0.25, -0.2) is 0 Å². The van der Waals surface area contributed by atoms with E-state index in [0.29, 0.717) is 0 Å². The Morgan fingerprint density at radius 1 is 0.667 bits per heavy atom. The summed E-state index contributed by atoms with van der Waals surface area (Å²) in [5.41, 5.74) is 0. The van der Waals surface area contributed by atoms with E-state index in [1.807, 2.05) is 0 Å². The van der Waals surface area contributed by atoms with Gasteiger partial charge >= 0.3 is 0 Å². The summed E-state index contributed by atoms with van der Waals surface area (Å²) in [7, 11) is 0. The van der Waals surface area contributed by atoms with Crippen molar-refractivity contribution in [3.63, 3.8) is 0 Å². The molecule has 1 heterocycles. The van der Waals surface area contributed by atoms with Crippen LogP contribution < -0.4 is 0 Å². The third kappa shape index (κ3) is 14.8. The Bertz CT molecular complexity index is 24.1. The Labute approximate surface area is 146 Å². The summed E-state index contributed by atoms with van der Waals surface area (Å²) >= 11 is 0. The maximum atomic E-state index is 4.94. The summed E-state index contributed by atoms with van der Waals surface area (Å²) in [6, 6.07) is 0. The predicted octanol–water partition coefficient (Wildman–Crippen LogP) is -0.726. The molecule has 5 heteroatoms. The van der Waals surface area contributed by atoms with Crippen LogP contribution in [0.4, 0.5) is 0 Å². The molecule has 0 atom stereocenters. The average molecular weight is 164 g/mol. The van der Waals surface area contributed by atoms with Crippen LogP contribution in [0, 0.1) is 0 Å². The van der Waals surface area contributed by atoms with Crippen molar-refractivity contribution in [2.45, 2.75) is 12.8 Å². The van der Waals surface area contributed by atoms with Crippen molar-refractivity contribution in [2.75, 3.05) is 13.2 Å². The van der Waals surface area contributed by atoms with Gasteiger partial charge < -0.3 is 4.74 Å². The number of hydrogen-bond acceptors (Lipinski definition) is 1. The van der Waals surface area contributed by atoms with Crippen molar-refractivity contribution in [1.29, 1.82) is 0 Å². The van der Waals surface area contributed by atoms with Crippen LogP contribution in [0.5, 0.6) is 0 Å². The molecule has 1 saturated heterocycles. The van der Waals surface area contributed by atoms with Gasteiger partial charge in [0, 0.05) is 131 Å². The molecule has 1 fully saturated rings. The van der Waals surface area contributed by atoms with E-state index in [0.717, 1.165) is 13.2 Å². The van der Waals surface area contributed by atoms with Crippen LogP contribution >= 0.6 is 0 Å². The zero-order valence-electron chi connectivity index (χ0n) is 7.24. The molecule has 1 rings (SSSR count). The zero-order valence-corrected chi connectivity index (χ0v) is 15.2. The Balaban J connectivity index is -0.0000000312. The van der Waals surface area contributed by atoms with Gasteiger partial charge in [-0.15, -0.1) is 0 Å². The Morgan fingerprint density at radius 2 is 1.00 bits per heavy atom. The third-order valence-corrected chi connectivity index (χ3v) is 0.827. The second-order valence-corrected chi connectivity index (χ2v) is 1.32. The van der Waals surface area contributed by atoms with Crippen molar-refractivity contribution in [3.05, 3.63) is 0 Å². The van der Waals surface area contributed by atoms with E-state index in [1.165, 1.54) is 12.8 Å². The van der Waals surface area contributed by atoms with Gasteiger partial charge in [-0.2, -0.15) is 0 Å². The third-order valence-electron chi connectivity index (χ3n) is 0.827. The molecule has 0 spiro atoms. The van der Waals surface area contributed by atoms with E-state index >= 15 is 0 Å². The van der Waals surface area contributed by atoms with Crippen molar-refractivity contribution in [1.82, 2.24) is 0 Å². The van der Waals surface area contributed by atoms with Gasteiger partial charge in [0.15, 0.2) is 0 Å². The van der Waals surface area contributed by atoms with E-state index in [4.69, 9.17) is 4.74 Å². The minimum atomic E-state index is 0. The minimum Gasteiger partial charge on any atom is -0.381 e.